The first-order valence-electron chi connectivity index (χ1n) is 16.3. The lowest BCUT2D eigenvalue weighted by atomic mass is 9.93. The summed E-state index contributed by atoms with van der Waals surface area (Å²) in [6.45, 7) is 12.5. The molecule has 3 aromatic heterocycles. The maximum atomic E-state index is 13.4. The molecule has 2 N–H and O–H groups in total. The van der Waals surface area contributed by atoms with Gasteiger partial charge >= 0.3 is 18.0 Å². The number of alkyl halides is 3. The Labute approximate surface area is 284 Å². The highest BCUT2D eigenvalue weighted by atomic mass is 19.4. The van der Waals surface area contributed by atoms with Gasteiger partial charge in [0.1, 0.15) is 28.3 Å². The van der Waals surface area contributed by atoms with Crippen LogP contribution >= 0.6 is 0 Å². The zero-order chi connectivity index (χ0) is 36.1. The summed E-state index contributed by atoms with van der Waals surface area (Å²) in [5, 5.41) is 10.3. The Bertz CT molecular complexity index is 2130. The Balaban J connectivity index is 0.000000173. The first kappa shape index (κ1) is 34.8. The number of piperidine rings is 1. The van der Waals surface area contributed by atoms with E-state index >= 15 is 0 Å². The van der Waals surface area contributed by atoms with Crippen LogP contribution < -0.4 is 10.6 Å². The fourth-order valence-corrected chi connectivity index (χ4v) is 6.71. The number of para-hydroxylation sites is 1. The molecule has 2 saturated heterocycles. The van der Waals surface area contributed by atoms with E-state index in [-0.39, 0.29) is 52.2 Å². The van der Waals surface area contributed by atoms with Gasteiger partial charge < -0.3 is 29.0 Å². The van der Waals surface area contributed by atoms with Gasteiger partial charge in [0.15, 0.2) is 11.4 Å². The molecular formula is C35H38F4N6O5. The van der Waals surface area contributed by atoms with E-state index < -0.39 is 23.6 Å². The number of aliphatic hydroxyl groups is 1. The smallest absolute Gasteiger partial charge is 0.451 e. The number of benzene rings is 2. The maximum absolute atomic E-state index is 13.4. The number of rotatable bonds is 3. The number of hydrogen-bond acceptors (Lipinski definition) is 8. The van der Waals surface area contributed by atoms with E-state index in [0.29, 0.717) is 60.9 Å². The Kier molecular flexibility index (Phi) is 9.03. The summed E-state index contributed by atoms with van der Waals surface area (Å²) in [4.78, 5) is 38.1. The van der Waals surface area contributed by atoms with Gasteiger partial charge in [-0.25, -0.2) is 23.9 Å². The van der Waals surface area contributed by atoms with Crippen LogP contribution in [0.25, 0.3) is 33.1 Å². The van der Waals surface area contributed by atoms with Crippen LogP contribution in [0.15, 0.2) is 64.0 Å². The molecule has 15 heteroatoms. The second-order valence-corrected chi connectivity index (χ2v) is 13.7. The standard InChI is InChI=1S/C18H24FN3O3.C17H14F3N3O2/c1-11-10-21(17(24)25-18(2,3)4)8-7-14(11)22-15-6-5-12(19)9-13(15)20-16(22)23;1-9(24)11-6-4-8-23(11)15-14-13(21-16(22-15)17(18,19)20)10-5-2-3-7-12(10)25-14/h5-6,9,11,14H,7-8,10H2,1-4H3,(H,20,23);2-3,5,7,11,24H,1,4,6,8H2/t11-,14?;11-/m00/s1. The molecule has 5 heterocycles. The number of anilines is 1. The predicted molar refractivity (Wildman–Crippen MR) is 180 cm³/mol. The number of H-pyrrole nitrogens is 1. The van der Waals surface area contributed by atoms with E-state index in [1.807, 2.05) is 27.7 Å². The number of hydrogen-bond donors (Lipinski definition) is 2. The first-order chi connectivity index (χ1) is 23.5. The average molecular weight is 699 g/mol. The van der Waals surface area contributed by atoms with Crippen LogP contribution in [-0.2, 0) is 10.9 Å². The number of aromatic nitrogens is 4. The first-order valence-corrected chi connectivity index (χ1v) is 16.3. The number of furan rings is 1. The van der Waals surface area contributed by atoms with Crippen molar-refractivity contribution in [3.63, 3.8) is 0 Å². The van der Waals surface area contributed by atoms with E-state index in [0.717, 1.165) is 0 Å². The van der Waals surface area contributed by atoms with E-state index in [2.05, 4.69) is 21.5 Å². The number of carbonyl (C=O) groups excluding carboxylic acids is 1. The third-order valence-corrected chi connectivity index (χ3v) is 8.89. The number of likely N-dealkylation sites (tertiary alicyclic amines) is 1. The minimum Gasteiger partial charge on any atom is -0.511 e. The number of fused-ring (bicyclic) bond motifs is 4. The van der Waals surface area contributed by atoms with Gasteiger partial charge in [0.05, 0.1) is 17.1 Å². The molecule has 0 spiro atoms. The van der Waals surface area contributed by atoms with Gasteiger partial charge in [-0.2, -0.15) is 13.2 Å². The van der Waals surface area contributed by atoms with Gasteiger partial charge in [-0.1, -0.05) is 25.6 Å². The SMILES string of the molecule is C=C(O)[C@@H]1CCCN1c1nc(C(F)(F)F)nc2c1oc1ccccc12.C[C@H]1CN(C(=O)OC(C)(C)C)CCC1n1c(=O)[nH]c2cc(F)ccc21. The number of aromatic amines is 1. The summed E-state index contributed by atoms with van der Waals surface area (Å²) in [6.07, 6.45) is -3.08. The van der Waals surface area contributed by atoms with Crippen LogP contribution in [0.4, 0.5) is 28.2 Å². The zero-order valence-electron chi connectivity index (χ0n) is 28.1. The molecule has 2 aliphatic rings. The second kappa shape index (κ2) is 13.0. The number of imidazole rings is 1. The third-order valence-electron chi connectivity index (χ3n) is 8.89. The van der Waals surface area contributed by atoms with Crippen LogP contribution in [0.2, 0.25) is 0 Å². The molecule has 5 aromatic rings. The van der Waals surface area contributed by atoms with Gasteiger partial charge in [0.25, 0.3) is 0 Å². The third kappa shape index (κ3) is 6.85. The average Bonchev–Trinajstić information content (AvgIpc) is 3.75. The quantitative estimate of drug-likeness (QED) is 0.145. The van der Waals surface area contributed by atoms with Gasteiger partial charge in [-0.05, 0) is 76.3 Å². The highest BCUT2D eigenvalue weighted by molar-refractivity contribution is 6.05. The largest absolute Gasteiger partial charge is 0.511 e. The molecule has 7 rings (SSSR count). The number of nitrogens with one attached hydrogen (secondary N) is 1. The number of amides is 1. The van der Waals surface area contributed by atoms with Gasteiger partial charge in [-0.3, -0.25) is 4.57 Å². The Morgan fingerprint density at radius 2 is 1.84 bits per heavy atom. The molecule has 2 aliphatic heterocycles. The Morgan fingerprint density at radius 3 is 2.52 bits per heavy atom. The van der Waals surface area contributed by atoms with Gasteiger partial charge in [0, 0.05) is 31.1 Å². The summed E-state index contributed by atoms with van der Waals surface area (Å²) in [7, 11) is 0. The number of nitrogens with zero attached hydrogens (tertiary/aromatic N) is 5. The van der Waals surface area contributed by atoms with Crippen molar-refractivity contribution in [1.82, 2.24) is 24.4 Å². The van der Waals surface area contributed by atoms with Crippen LogP contribution in [0.1, 0.15) is 58.8 Å². The maximum Gasteiger partial charge on any atom is 0.451 e. The summed E-state index contributed by atoms with van der Waals surface area (Å²) < 4.78 is 66.2. The predicted octanol–water partition coefficient (Wildman–Crippen LogP) is 7.72. The Morgan fingerprint density at radius 1 is 1.10 bits per heavy atom. The molecule has 1 unspecified atom stereocenters. The fraction of sp³-hybridized carbons (Fsp3) is 0.429. The summed E-state index contributed by atoms with van der Waals surface area (Å²) in [5.41, 5.74) is 1.13. The van der Waals surface area contributed by atoms with Crippen LogP contribution in [0.5, 0.6) is 0 Å². The number of halogens is 4. The lowest BCUT2D eigenvalue weighted by molar-refractivity contribution is -0.144. The molecule has 0 saturated carbocycles. The second-order valence-electron chi connectivity index (χ2n) is 13.7. The molecule has 2 fully saturated rings. The molecule has 1 amide bonds. The molecule has 0 bridgehead atoms. The number of ether oxygens (including phenoxy) is 1. The van der Waals surface area contributed by atoms with Crippen LogP contribution in [-0.4, -0.2) is 66.9 Å². The summed E-state index contributed by atoms with van der Waals surface area (Å²) in [5.74, 6) is -1.60. The van der Waals surface area contributed by atoms with Crippen molar-refractivity contribution in [3.05, 3.63) is 76.9 Å². The van der Waals surface area contributed by atoms with Crippen molar-refractivity contribution in [2.24, 2.45) is 5.92 Å². The minimum absolute atomic E-state index is 0.0335. The van der Waals surface area contributed by atoms with E-state index in [4.69, 9.17) is 9.15 Å². The van der Waals surface area contributed by atoms with Crippen molar-refractivity contribution in [2.45, 2.75) is 70.8 Å². The molecule has 266 valence electrons. The summed E-state index contributed by atoms with van der Waals surface area (Å²) >= 11 is 0. The van der Waals surface area contributed by atoms with E-state index in [9.17, 15) is 32.3 Å². The molecular weight excluding hydrogens is 660 g/mol. The molecule has 0 aliphatic carbocycles. The minimum atomic E-state index is -4.69. The molecule has 2 aromatic carbocycles. The molecule has 0 radical (unpaired) electrons. The lowest BCUT2D eigenvalue weighted by Gasteiger charge is -2.38. The monoisotopic (exact) mass is 698 g/mol. The normalized spacial score (nSPS) is 20.0. The topological polar surface area (TPSA) is 130 Å². The molecule has 11 nitrogen and oxygen atoms in total. The fourth-order valence-electron chi connectivity index (χ4n) is 6.71. The highest BCUT2D eigenvalue weighted by Crippen LogP contribution is 2.39. The molecule has 3 atom stereocenters. The van der Waals surface area contributed by atoms with Crippen molar-refractivity contribution >= 4 is 45.0 Å². The van der Waals surface area contributed by atoms with Crippen molar-refractivity contribution in [2.75, 3.05) is 24.5 Å². The highest BCUT2D eigenvalue weighted by Gasteiger charge is 2.39. The Hall–Kier alpha value is -5.08. The zero-order valence-corrected chi connectivity index (χ0v) is 28.1. The van der Waals surface area contributed by atoms with E-state index in [1.165, 1.54) is 12.1 Å². The van der Waals surface area contributed by atoms with Crippen LogP contribution in [0, 0.1) is 11.7 Å². The summed E-state index contributed by atoms with van der Waals surface area (Å²) in [6, 6.07) is 10.5. The molecule has 50 heavy (non-hydrogen) atoms. The number of carbonyl (C=O) groups is 1. The van der Waals surface area contributed by atoms with Gasteiger partial charge in [0.2, 0.25) is 5.82 Å². The number of aliphatic hydroxyl groups excluding tert-OH is 1. The lowest BCUT2D eigenvalue weighted by Crippen LogP contribution is -2.46. The van der Waals surface area contributed by atoms with Crippen molar-refractivity contribution in [1.29, 1.82) is 0 Å². The van der Waals surface area contributed by atoms with Crippen molar-refractivity contribution in [3.8, 4) is 0 Å². The van der Waals surface area contributed by atoms with E-state index in [1.54, 1.807) is 44.7 Å². The van der Waals surface area contributed by atoms with Gasteiger partial charge in [-0.15, -0.1) is 0 Å². The van der Waals surface area contributed by atoms with Crippen LogP contribution in [0.3, 0.4) is 0 Å². The van der Waals surface area contributed by atoms with Crippen molar-refractivity contribution < 1.29 is 36.6 Å².